The van der Waals surface area contributed by atoms with E-state index in [9.17, 15) is 0 Å². The third-order valence-corrected chi connectivity index (χ3v) is 4.90. The van der Waals surface area contributed by atoms with E-state index < -0.39 is 0 Å². The number of aromatic nitrogens is 3. The number of ether oxygens (including phenoxy) is 1. The molecule has 1 aliphatic rings. The first-order valence-corrected chi connectivity index (χ1v) is 7.69. The van der Waals surface area contributed by atoms with Gasteiger partial charge in [0.2, 0.25) is 0 Å². The van der Waals surface area contributed by atoms with Gasteiger partial charge in [-0.05, 0) is 29.5 Å². The summed E-state index contributed by atoms with van der Waals surface area (Å²) in [4.78, 5) is 11.3. The van der Waals surface area contributed by atoms with Crippen LogP contribution in [-0.2, 0) is 4.74 Å². The van der Waals surface area contributed by atoms with Crippen LogP contribution < -0.4 is 4.90 Å². The number of rotatable bonds is 2. The van der Waals surface area contributed by atoms with Gasteiger partial charge in [-0.15, -0.1) is 11.3 Å². The van der Waals surface area contributed by atoms with Crippen LogP contribution in [0.25, 0.3) is 5.82 Å². The zero-order valence-corrected chi connectivity index (χ0v) is 12.9. The van der Waals surface area contributed by atoms with Gasteiger partial charge in [0.25, 0.3) is 0 Å². The van der Waals surface area contributed by atoms with Crippen molar-refractivity contribution in [1.29, 1.82) is 0 Å². The number of hydrogen-bond acceptors (Lipinski definition) is 5. The first-order chi connectivity index (χ1) is 8.75. The molecule has 3 rings (SSSR count). The van der Waals surface area contributed by atoms with Gasteiger partial charge in [0.05, 0.1) is 18.9 Å². The molecule has 0 radical (unpaired) electrons. The molecule has 0 unspecified atom stereocenters. The van der Waals surface area contributed by atoms with E-state index in [1.165, 1.54) is 0 Å². The van der Waals surface area contributed by atoms with Crippen LogP contribution in [0.2, 0.25) is 0 Å². The first-order valence-electron chi connectivity index (χ1n) is 5.74. The largest absolute Gasteiger partial charge is 0.378 e. The van der Waals surface area contributed by atoms with Gasteiger partial charge in [-0.25, -0.2) is 9.97 Å². The van der Waals surface area contributed by atoms with Gasteiger partial charge in [-0.2, -0.15) is 0 Å². The van der Waals surface area contributed by atoms with E-state index in [1.54, 1.807) is 11.3 Å². The SMILES string of the molecule is Cc1c(I)ncn1-c1csc(N2CCOCC2)n1. The van der Waals surface area contributed by atoms with Crippen molar-refractivity contribution in [3.8, 4) is 5.82 Å². The predicted molar refractivity (Wildman–Crippen MR) is 79.7 cm³/mol. The number of morpholine rings is 1. The van der Waals surface area contributed by atoms with E-state index in [2.05, 4.69) is 49.8 Å². The highest BCUT2D eigenvalue weighted by atomic mass is 127. The molecule has 3 heterocycles. The second kappa shape index (κ2) is 5.14. The predicted octanol–water partition coefficient (Wildman–Crippen LogP) is 2.08. The van der Waals surface area contributed by atoms with Crippen molar-refractivity contribution in [3.63, 3.8) is 0 Å². The standard InChI is InChI=1S/C11H13IN4OS/c1-8-10(12)13-7-16(8)9-6-18-11(14-9)15-2-4-17-5-3-15/h6-7H,2-5H2,1H3. The first kappa shape index (κ1) is 12.4. The number of nitrogens with zero attached hydrogens (tertiary/aromatic N) is 4. The van der Waals surface area contributed by atoms with Gasteiger partial charge < -0.3 is 9.64 Å². The maximum absolute atomic E-state index is 5.35. The van der Waals surface area contributed by atoms with Crippen molar-refractivity contribution in [3.05, 3.63) is 21.1 Å². The molecule has 0 amide bonds. The van der Waals surface area contributed by atoms with Gasteiger partial charge in [0.1, 0.15) is 10.0 Å². The summed E-state index contributed by atoms with van der Waals surface area (Å²) in [6.45, 7) is 5.48. The molecule has 0 bridgehead atoms. The fourth-order valence-electron chi connectivity index (χ4n) is 1.89. The fourth-order valence-corrected chi connectivity index (χ4v) is 3.12. The van der Waals surface area contributed by atoms with Crippen LogP contribution in [0, 0.1) is 10.6 Å². The van der Waals surface area contributed by atoms with Crippen molar-refractivity contribution in [2.45, 2.75) is 6.92 Å². The molecule has 7 heteroatoms. The van der Waals surface area contributed by atoms with E-state index in [0.29, 0.717) is 0 Å². The van der Waals surface area contributed by atoms with E-state index >= 15 is 0 Å². The van der Waals surface area contributed by atoms with Crippen LogP contribution in [0.1, 0.15) is 5.69 Å². The normalized spacial score (nSPS) is 16.2. The van der Waals surface area contributed by atoms with Crippen LogP contribution in [0.5, 0.6) is 0 Å². The van der Waals surface area contributed by atoms with Gasteiger partial charge in [0.15, 0.2) is 10.9 Å². The summed E-state index contributed by atoms with van der Waals surface area (Å²) < 4.78 is 8.41. The molecule has 18 heavy (non-hydrogen) atoms. The maximum atomic E-state index is 5.35. The zero-order valence-electron chi connectivity index (χ0n) is 9.97. The van der Waals surface area contributed by atoms with Crippen LogP contribution >= 0.6 is 33.9 Å². The molecular formula is C11H13IN4OS. The van der Waals surface area contributed by atoms with E-state index in [4.69, 9.17) is 4.74 Å². The van der Waals surface area contributed by atoms with Gasteiger partial charge in [-0.1, -0.05) is 0 Å². The summed E-state index contributed by atoms with van der Waals surface area (Å²) in [6, 6.07) is 0. The lowest BCUT2D eigenvalue weighted by molar-refractivity contribution is 0.122. The van der Waals surface area contributed by atoms with E-state index in [-0.39, 0.29) is 0 Å². The van der Waals surface area contributed by atoms with Crippen molar-refractivity contribution >= 4 is 39.1 Å². The molecule has 0 aliphatic carbocycles. The van der Waals surface area contributed by atoms with Crippen LogP contribution in [0.4, 0.5) is 5.13 Å². The van der Waals surface area contributed by atoms with E-state index in [1.807, 2.05) is 10.9 Å². The number of halogens is 1. The molecule has 1 fully saturated rings. The fraction of sp³-hybridized carbons (Fsp3) is 0.455. The molecule has 0 saturated carbocycles. The quantitative estimate of drug-likeness (QED) is 0.753. The molecule has 0 N–H and O–H groups in total. The van der Waals surface area contributed by atoms with Crippen molar-refractivity contribution in [2.24, 2.45) is 0 Å². The molecule has 0 atom stereocenters. The second-order valence-electron chi connectivity index (χ2n) is 4.08. The summed E-state index contributed by atoms with van der Waals surface area (Å²) in [5.41, 5.74) is 1.13. The summed E-state index contributed by atoms with van der Waals surface area (Å²) in [5.74, 6) is 0.953. The molecule has 96 valence electrons. The Morgan fingerprint density at radius 1 is 1.39 bits per heavy atom. The van der Waals surface area contributed by atoms with Crippen LogP contribution in [0.15, 0.2) is 11.7 Å². The number of imidazole rings is 1. The van der Waals surface area contributed by atoms with Crippen LogP contribution in [0.3, 0.4) is 0 Å². The molecule has 0 spiro atoms. The third-order valence-electron chi connectivity index (χ3n) is 2.95. The van der Waals surface area contributed by atoms with Crippen molar-refractivity contribution in [2.75, 3.05) is 31.2 Å². The summed E-state index contributed by atoms with van der Waals surface area (Å²) in [5, 5.41) is 3.15. The van der Waals surface area contributed by atoms with Gasteiger partial charge in [0, 0.05) is 18.5 Å². The second-order valence-corrected chi connectivity index (χ2v) is 5.94. The Kier molecular flexibility index (Phi) is 3.53. The lowest BCUT2D eigenvalue weighted by atomic mass is 10.5. The highest BCUT2D eigenvalue weighted by Crippen LogP contribution is 2.25. The average Bonchev–Trinajstić information content (AvgIpc) is 3.00. The van der Waals surface area contributed by atoms with Crippen molar-refractivity contribution < 1.29 is 4.74 Å². The van der Waals surface area contributed by atoms with Crippen LogP contribution in [-0.4, -0.2) is 40.8 Å². The number of thiazole rings is 1. The smallest absolute Gasteiger partial charge is 0.187 e. The molecule has 1 saturated heterocycles. The molecule has 2 aromatic heterocycles. The van der Waals surface area contributed by atoms with Gasteiger partial charge >= 0.3 is 0 Å². The lowest BCUT2D eigenvalue weighted by Crippen LogP contribution is -2.36. The maximum Gasteiger partial charge on any atom is 0.187 e. The Balaban J connectivity index is 1.87. The Morgan fingerprint density at radius 3 is 2.83 bits per heavy atom. The van der Waals surface area contributed by atoms with E-state index in [0.717, 1.165) is 46.6 Å². The summed E-state index contributed by atoms with van der Waals surface area (Å²) >= 11 is 3.92. The molecule has 5 nitrogen and oxygen atoms in total. The Hall–Kier alpha value is -0.670. The summed E-state index contributed by atoms with van der Waals surface area (Å²) in [6.07, 6.45) is 1.83. The molecular weight excluding hydrogens is 363 g/mol. The van der Waals surface area contributed by atoms with Crippen molar-refractivity contribution in [1.82, 2.24) is 14.5 Å². The minimum absolute atomic E-state index is 0.789. The Bertz CT molecular complexity index is 547. The molecule has 0 aromatic carbocycles. The highest BCUT2D eigenvalue weighted by Gasteiger charge is 2.16. The molecule has 2 aromatic rings. The monoisotopic (exact) mass is 376 g/mol. The number of hydrogen-bond donors (Lipinski definition) is 0. The third kappa shape index (κ3) is 2.26. The summed E-state index contributed by atoms with van der Waals surface area (Å²) in [7, 11) is 0. The minimum Gasteiger partial charge on any atom is -0.378 e. The average molecular weight is 376 g/mol. The minimum atomic E-state index is 0.789. The highest BCUT2D eigenvalue weighted by molar-refractivity contribution is 14.1. The Morgan fingerprint density at radius 2 is 2.17 bits per heavy atom. The Labute approximate surface area is 123 Å². The zero-order chi connectivity index (χ0) is 12.5. The lowest BCUT2D eigenvalue weighted by Gasteiger charge is -2.25. The topological polar surface area (TPSA) is 43.2 Å². The van der Waals surface area contributed by atoms with Gasteiger partial charge in [-0.3, -0.25) is 4.57 Å². The number of anilines is 1. The molecule has 1 aliphatic heterocycles.